The predicted molar refractivity (Wildman–Crippen MR) is 95.7 cm³/mol. The van der Waals surface area contributed by atoms with E-state index in [1.165, 1.54) is 18.2 Å². The second kappa shape index (κ2) is 7.96. The zero-order chi connectivity index (χ0) is 19.2. The van der Waals surface area contributed by atoms with Crippen LogP contribution in [0.4, 0.5) is 20.6 Å². The number of nitrogens with zero attached hydrogens (tertiary/aromatic N) is 1. The highest BCUT2D eigenvalue weighted by Crippen LogP contribution is 2.28. The van der Waals surface area contributed by atoms with Crippen LogP contribution < -0.4 is 14.8 Å². The number of halogens is 1. The Balaban J connectivity index is 1.62. The topological polar surface area (TPSA) is 90.7 Å². The minimum absolute atomic E-state index is 0.148. The number of non-ortho nitro benzene ring substituents is 1. The van der Waals surface area contributed by atoms with E-state index in [4.69, 9.17) is 9.47 Å². The van der Waals surface area contributed by atoms with E-state index in [1.807, 2.05) is 0 Å². The Hall–Kier alpha value is -3.94. The molecule has 0 aliphatic carbocycles. The van der Waals surface area contributed by atoms with Crippen molar-refractivity contribution in [3.8, 4) is 17.2 Å². The van der Waals surface area contributed by atoms with E-state index in [2.05, 4.69) is 5.32 Å². The Bertz CT molecular complexity index is 962. The normalized spacial score (nSPS) is 10.1. The third-order valence-corrected chi connectivity index (χ3v) is 3.41. The molecule has 3 aromatic carbocycles. The predicted octanol–water partition coefficient (Wildman–Crippen LogP) is 5.14. The Morgan fingerprint density at radius 1 is 0.963 bits per heavy atom. The Kier molecular flexibility index (Phi) is 5.27. The third-order valence-electron chi connectivity index (χ3n) is 3.41. The highest BCUT2D eigenvalue weighted by atomic mass is 19.1. The van der Waals surface area contributed by atoms with Gasteiger partial charge in [0.1, 0.15) is 11.5 Å². The highest BCUT2D eigenvalue weighted by molar-refractivity contribution is 5.86. The van der Waals surface area contributed by atoms with Crippen molar-refractivity contribution in [2.45, 2.75) is 0 Å². The first kappa shape index (κ1) is 17.9. The monoisotopic (exact) mass is 368 g/mol. The molecule has 3 aromatic rings. The van der Waals surface area contributed by atoms with Gasteiger partial charge in [0.15, 0.2) is 11.6 Å². The molecule has 8 heteroatoms. The molecule has 0 heterocycles. The summed E-state index contributed by atoms with van der Waals surface area (Å²) < 4.78 is 24.3. The number of carbonyl (C=O) groups is 1. The third kappa shape index (κ3) is 4.79. The van der Waals surface area contributed by atoms with Crippen LogP contribution in [0.5, 0.6) is 17.2 Å². The fourth-order valence-corrected chi connectivity index (χ4v) is 2.16. The van der Waals surface area contributed by atoms with Crippen molar-refractivity contribution >= 4 is 17.5 Å². The van der Waals surface area contributed by atoms with Crippen LogP contribution >= 0.6 is 0 Å². The van der Waals surface area contributed by atoms with Gasteiger partial charge in [-0.05, 0) is 42.5 Å². The molecule has 0 atom stereocenters. The number of hydrogen-bond donors (Lipinski definition) is 1. The van der Waals surface area contributed by atoms with Crippen LogP contribution in [0, 0.1) is 15.9 Å². The lowest BCUT2D eigenvalue weighted by atomic mass is 10.2. The molecule has 0 aromatic heterocycles. The van der Waals surface area contributed by atoms with Gasteiger partial charge in [-0.3, -0.25) is 15.4 Å². The van der Waals surface area contributed by atoms with Crippen molar-refractivity contribution in [1.82, 2.24) is 0 Å². The number of anilines is 1. The van der Waals surface area contributed by atoms with Gasteiger partial charge in [-0.25, -0.2) is 9.18 Å². The van der Waals surface area contributed by atoms with Gasteiger partial charge in [-0.15, -0.1) is 0 Å². The van der Waals surface area contributed by atoms with Crippen LogP contribution in [0.1, 0.15) is 0 Å². The average molecular weight is 368 g/mol. The molecular weight excluding hydrogens is 355 g/mol. The van der Waals surface area contributed by atoms with Gasteiger partial charge in [0.25, 0.3) is 5.69 Å². The lowest BCUT2D eigenvalue weighted by molar-refractivity contribution is -0.385. The number of nitro groups is 1. The van der Waals surface area contributed by atoms with Gasteiger partial charge in [0, 0.05) is 11.8 Å². The lowest BCUT2D eigenvalue weighted by Crippen LogP contribution is -2.16. The highest BCUT2D eigenvalue weighted by Gasteiger charge is 2.12. The maximum absolute atomic E-state index is 13.9. The van der Waals surface area contributed by atoms with Gasteiger partial charge in [-0.2, -0.15) is 0 Å². The van der Waals surface area contributed by atoms with Gasteiger partial charge < -0.3 is 9.47 Å². The summed E-state index contributed by atoms with van der Waals surface area (Å²) in [4.78, 5) is 21.7. The average Bonchev–Trinajstić information content (AvgIpc) is 2.65. The van der Waals surface area contributed by atoms with E-state index in [1.54, 1.807) is 42.5 Å². The quantitative estimate of drug-likeness (QED) is 0.497. The second-order valence-corrected chi connectivity index (χ2v) is 5.33. The summed E-state index contributed by atoms with van der Waals surface area (Å²) in [6.07, 6.45) is -0.656. The summed E-state index contributed by atoms with van der Waals surface area (Å²) in [5.41, 5.74) is 0.0868. The van der Waals surface area contributed by atoms with E-state index in [-0.39, 0.29) is 11.4 Å². The molecule has 0 aliphatic heterocycles. The Morgan fingerprint density at radius 3 is 2.30 bits per heavy atom. The molecule has 1 amide bonds. The Labute approximate surface area is 153 Å². The number of para-hydroxylation sites is 1. The molecule has 0 aliphatic rings. The molecule has 0 saturated carbocycles. The number of ether oxygens (including phenoxy) is 2. The standard InChI is InChI=1S/C19H13FN2O5/c20-17-12-14(22(24)25)8-11-18(17)26-16-9-6-13(7-10-16)21-19(23)27-15-4-2-1-3-5-15/h1-12H,(H,21,23). The van der Waals surface area contributed by atoms with E-state index in [0.29, 0.717) is 17.2 Å². The van der Waals surface area contributed by atoms with Crippen molar-refractivity contribution < 1.29 is 23.6 Å². The molecule has 0 bridgehead atoms. The van der Waals surface area contributed by atoms with Crippen molar-refractivity contribution in [2.24, 2.45) is 0 Å². The van der Waals surface area contributed by atoms with Crippen LogP contribution in [0.3, 0.4) is 0 Å². The largest absolute Gasteiger partial charge is 0.454 e. The van der Waals surface area contributed by atoms with Crippen molar-refractivity contribution in [3.63, 3.8) is 0 Å². The molecule has 27 heavy (non-hydrogen) atoms. The zero-order valence-electron chi connectivity index (χ0n) is 13.8. The summed E-state index contributed by atoms with van der Waals surface area (Å²) in [6.45, 7) is 0. The van der Waals surface area contributed by atoms with Gasteiger partial charge >= 0.3 is 6.09 Å². The second-order valence-electron chi connectivity index (χ2n) is 5.33. The van der Waals surface area contributed by atoms with Crippen molar-refractivity contribution in [3.05, 3.63) is 88.7 Å². The molecule has 0 saturated heterocycles. The number of nitro benzene ring substituents is 1. The summed E-state index contributed by atoms with van der Waals surface area (Å²) in [5, 5.41) is 13.2. The number of carbonyl (C=O) groups excluding carboxylic acids is 1. The maximum atomic E-state index is 13.9. The molecule has 0 unspecified atom stereocenters. The summed E-state index contributed by atoms with van der Waals surface area (Å²) in [5.74, 6) is -0.295. The number of rotatable bonds is 5. The zero-order valence-corrected chi connectivity index (χ0v) is 13.8. The van der Waals surface area contributed by atoms with E-state index in [0.717, 1.165) is 12.1 Å². The van der Waals surface area contributed by atoms with Gasteiger partial charge in [-0.1, -0.05) is 18.2 Å². The van der Waals surface area contributed by atoms with E-state index < -0.39 is 16.8 Å². The molecule has 1 N–H and O–H groups in total. The Morgan fingerprint density at radius 2 is 1.67 bits per heavy atom. The minimum atomic E-state index is -0.849. The summed E-state index contributed by atoms with van der Waals surface area (Å²) >= 11 is 0. The van der Waals surface area contributed by atoms with Crippen LogP contribution in [-0.2, 0) is 0 Å². The summed E-state index contributed by atoms with van der Waals surface area (Å²) in [7, 11) is 0. The van der Waals surface area contributed by atoms with Crippen LogP contribution in [-0.4, -0.2) is 11.0 Å². The van der Waals surface area contributed by atoms with Gasteiger partial charge in [0.2, 0.25) is 0 Å². The van der Waals surface area contributed by atoms with Crippen LogP contribution in [0.25, 0.3) is 0 Å². The number of amides is 1. The number of hydrogen-bond acceptors (Lipinski definition) is 5. The fourth-order valence-electron chi connectivity index (χ4n) is 2.16. The first-order valence-corrected chi connectivity index (χ1v) is 7.77. The molecular formula is C19H13FN2O5. The molecule has 0 fully saturated rings. The van der Waals surface area contributed by atoms with Crippen LogP contribution in [0.15, 0.2) is 72.8 Å². The molecule has 3 rings (SSSR count). The number of benzene rings is 3. The fraction of sp³-hybridized carbons (Fsp3) is 0. The van der Waals surface area contributed by atoms with Crippen molar-refractivity contribution in [1.29, 1.82) is 0 Å². The summed E-state index contributed by atoms with van der Waals surface area (Å²) in [6, 6.07) is 17.8. The molecule has 0 spiro atoms. The van der Waals surface area contributed by atoms with Gasteiger partial charge in [0.05, 0.1) is 11.0 Å². The smallest absolute Gasteiger partial charge is 0.417 e. The van der Waals surface area contributed by atoms with Crippen LogP contribution in [0.2, 0.25) is 0 Å². The maximum Gasteiger partial charge on any atom is 0.417 e. The number of nitrogens with one attached hydrogen (secondary N) is 1. The molecule has 136 valence electrons. The van der Waals surface area contributed by atoms with E-state index in [9.17, 15) is 19.3 Å². The first-order chi connectivity index (χ1) is 13.0. The lowest BCUT2D eigenvalue weighted by Gasteiger charge is -2.09. The molecule has 0 radical (unpaired) electrons. The van der Waals surface area contributed by atoms with Crippen molar-refractivity contribution in [2.75, 3.05) is 5.32 Å². The molecule has 7 nitrogen and oxygen atoms in total. The SMILES string of the molecule is O=C(Nc1ccc(Oc2ccc([N+](=O)[O-])cc2F)cc1)Oc1ccccc1. The van der Waals surface area contributed by atoms with E-state index >= 15 is 0 Å². The minimum Gasteiger partial charge on any atom is -0.454 e. The first-order valence-electron chi connectivity index (χ1n) is 7.77.